The first-order valence-electron chi connectivity index (χ1n) is 11.1. The molecule has 0 saturated heterocycles. The number of phenolic OH excluding ortho intramolecular Hbond substituents is 2. The Morgan fingerprint density at radius 1 is 1.00 bits per heavy atom. The number of aromatic hydroxyl groups is 2. The highest BCUT2D eigenvalue weighted by atomic mass is 16.5. The smallest absolute Gasteiger partial charge is 0.302 e. The van der Waals surface area contributed by atoms with Gasteiger partial charge >= 0.3 is 5.97 Å². The molecule has 2 aliphatic rings. The van der Waals surface area contributed by atoms with Gasteiger partial charge in [-0.3, -0.25) is 4.79 Å². The molecule has 34 heavy (non-hydrogen) atoms. The van der Waals surface area contributed by atoms with Crippen molar-refractivity contribution in [1.82, 2.24) is 0 Å². The van der Waals surface area contributed by atoms with E-state index in [0.717, 1.165) is 52.0 Å². The van der Waals surface area contributed by atoms with E-state index in [-0.39, 0.29) is 30.0 Å². The summed E-state index contributed by atoms with van der Waals surface area (Å²) in [5.74, 6) is 1.31. The highest BCUT2D eigenvalue weighted by Gasteiger charge is 2.38. The Hall–Kier alpha value is -3.87. The number of carbonyl (C=O) groups is 1. The average Bonchev–Trinajstić information content (AvgIpc) is 3.18. The minimum absolute atomic E-state index is 0.0423. The summed E-state index contributed by atoms with van der Waals surface area (Å²) in [6.07, 6.45) is 1.16. The van der Waals surface area contributed by atoms with E-state index in [1.807, 2.05) is 0 Å². The highest BCUT2D eigenvalue weighted by molar-refractivity contribution is 5.81. The number of ether oxygens (including phenoxy) is 4. The van der Waals surface area contributed by atoms with Gasteiger partial charge in [-0.25, -0.2) is 0 Å². The fraction of sp³-hybridized carbons (Fsp3) is 0.296. The van der Waals surface area contributed by atoms with Crippen LogP contribution in [0.4, 0.5) is 0 Å². The molecule has 0 aromatic heterocycles. The third kappa shape index (κ3) is 3.67. The van der Waals surface area contributed by atoms with Crippen molar-refractivity contribution in [2.75, 3.05) is 20.8 Å². The molecule has 0 unspecified atom stereocenters. The van der Waals surface area contributed by atoms with Gasteiger partial charge in [0.25, 0.3) is 0 Å². The summed E-state index contributed by atoms with van der Waals surface area (Å²) in [7, 11) is 3.09. The van der Waals surface area contributed by atoms with Crippen LogP contribution in [-0.2, 0) is 22.4 Å². The van der Waals surface area contributed by atoms with Gasteiger partial charge in [-0.2, -0.15) is 0 Å². The monoisotopic (exact) mass is 462 g/mol. The number of hydrogen-bond donors (Lipinski definition) is 2. The van der Waals surface area contributed by atoms with Crippen molar-refractivity contribution < 1.29 is 34.0 Å². The van der Waals surface area contributed by atoms with Crippen molar-refractivity contribution in [3.8, 4) is 39.9 Å². The molecule has 0 bridgehead atoms. The molecule has 3 aromatic carbocycles. The molecular formula is C27H26O7. The maximum atomic E-state index is 11.7. The molecule has 1 aliphatic carbocycles. The van der Waals surface area contributed by atoms with Crippen LogP contribution in [-0.4, -0.2) is 37.0 Å². The minimum atomic E-state index is -0.422. The van der Waals surface area contributed by atoms with E-state index in [0.29, 0.717) is 11.5 Å². The molecule has 7 heteroatoms. The number of phenols is 2. The fourth-order valence-electron chi connectivity index (χ4n) is 5.00. The third-order valence-corrected chi connectivity index (χ3v) is 6.57. The minimum Gasteiger partial charge on any atom is -0.508 e. The van der Waals surface area contributed by atoms with Crippen molar-refractivity contribution in [1.29, 1.82) is 0 Å². The molecular weight excluding hydrogens is 436 g/mol. The van der Waals surface area contributed by atoms with E-state index in [2.05, 4.69) is 12.1 Å². The first-order valence-corrected chi connectivity index (χ1v) is 11.1. The number of esters is 1. The number of benzene rings is 3. The molecule has 2 atom stereocenters. The summed E-state index contributed by atoms with van der Waals surface area (Å²) in [6, 6.07) is 12.7. The maximum Gasteiger partial charge on any atom is 0.302 e. The Kier molecular flexibility index (Phi) is 5.48. The topological polar surface area (TPSA) is 94.5 Å². The average molecular weight is 462 g/mol. The van der Waals surface area contributed by atoms with Crippen molar-refractivity contribution in [3.05, 3.63) is 64.7 Å². The Morgan fingerprint density at radius 3 is 2.50 bits per heavy atom. The molecule has 2 N–H and O–H groups in total. The van der Waals surface area contributed by atoms with E-state index < -0.39 is 6.10 Å². The van der Waals surface area contributed by atoms with Gasteiger partial charge in [0, 0.05) is 24.1 Å². The van der Waals surface area contributed by atoms with Crippen LogP contribution < -0.4 is 14.2 Å². The molecule has 3 aromatic rings. The Labute approximate surface area is 197 Å². The van der Waals surface area contributed by atoms with Gasteiger partial charge in [-0.1, -0.05) is 6.07 Å². The first kappa shape index (κ1) is 21.9. The molecule has 0 fully saturated rings. The van der Waals surface area contributed by atoms with Crippen LogP contribution in [0.2, 0.25) is 0 Å². The highest BCUT2D eigenvalue weighted by Crippen LogP contribution is 2.52. The van der Waals surface area contributed by atoms with E-state index in [9.17, 15) is 15.0 Å². The van der Waals surface area contributed by atoms with Crippen molar-refractivity contribution in [3.63, 3.8) is 0 Å². The van der Waals surface area contributed by atoms with E-state index in [1.54, 1.807) is 37.4 Å². The van der Waals surface area contributed by atoms with Crippen LogP contribution in [0.15, 0.2) is 42.5 Å². The van der Waals surface area contributed by atoms with E-state index >= 15 is 0 Å². The lowest BCUT2D eigenvalue weighted by atomic mass is 9.82. The fourth-order valence-corrected chi connectivity index (χ4v) is 5.00. The summed E-state index contributed by atoms with van der Waals surface area (Å²) >= 11 is 0. The summed E-state index contributed by atoms with van der Waals surface area (Å²) in [5, 5.41) is 20.1. The van der Waals surface area contributed by atoms with Gasteiger partial charge in [0.2, 0.25) is 0 Å². The van der Waals surface area contributed by atoms with E-state index in [1.165, 1.54) is 14.0 Å². The molecule has 1 aliphatic heterocycles. The lowest BCUT2D eigenvalue weighted by molar-refractivity contribution is -0.141. The van der Waals surface area contributed by atoms with Crippen molar-refractivity contribution >= 4 is 5.97 Å². The zero-order valence-corrected chi connectivity index (χ0v) is 19.3. The lowest BCUT2D eigenvalue weighted by Crippen LogP contribution is -2.17. The maximum absolute atomic E-state index is 11.7. The van der Waals surface area contributed by atoms with Crippen LogP contribution in [0, 0.1) is 0 Å². The number of hydrogen-bond acceptors (Lipinski definition) is 7. The molecule has 0 amide bonds. The third-order valence-electron chi connectivity index (χ3n) is 6.57. The Bertz CT molecular complexity index is 1260. The zero-order chi connectivity index (χ0) is 24.0. The molecule has 176 valence electrons. The van der Waals surface area contributed by atoms with Crippen molar-refractivity contribution in [2.24, 2.45) is 0 Å². The first-order chi connectivity index (χ1) is 16.4. The largest absolute Gasteiger partial charge is 0.508 e. The molecule has 0 spiro atoms. The molecule has 0 radical (unpaired) electrons. The summed E-state index contributed by atoms with van der Waals surface area (Å²) in [6.45, 7) is 1.53. The summed E-state index contributed by atoms with van der Waals surface area (Å²) in [5.41, 5.74) is 5.89. The quantitative estimate of drug-likeness (QED) is 0.533. The second kappa shape index (κ2) is 8.48. The van der Waals surface area contributed by atoms with Gasteiger partial charge in [0.15, 0.2) is 11.5 Å². The molecule has 1 heterocycles. The second-order valence-electron chi connectivity index (χ2n) is 8.61. The van der Waals surface area contributed by atoms with Crippen LogP contribution in [0.3, 0.4) is 0 Å². The number of methoxy groups -OCH3 is 2. The number of fused-ring (bicyclic) bond motifs is 4. The number of aryl methyl sites for hydroxylation is 2. The lowest BCUT2D eigenvalue weighted by Gasteiger charge is -2.24. The second-order valence-corrected chi connectivity index (χ2v) is 8.61. The standard InChI is InChI=1S/C27H26O7/c1-14(28)33-13-21-20-12-19-15(4-5-16-8-18(29)11-25(32-3)26(16)19)9-23(20)34-27(21)17-6-7-22(30)24(10-17)31-2/h6-12,21,27,29-30H,4-5,13H2,1-3H3/t21-,27+/m1/s1. The Morgan fingerprint density at radius 2 is 1.76 bits per heavy atom. The zero-order valence-electron chi connectivity index (χ0n) is 19.3. The van der Waals surface area contributed by atoms with Crippen LogP contribution in [0.25, 0.3) is 11.1 Å². The van der Waals surface area contributed by atoms with Crippen LogP contribution >= 0.6 is 0 Å². The van der Waals surface area contributed by atoms with Gasteiger partial charge in [0.1, 0.15) is 30.0 Å². The Balaban J connectivity index is 1.62. The molecule has 5 rings (SSSR count). The molecule has 7 nitrogen and oxygen atoms in total. The predicted octanol–water partition coefficient (Wildman–Crippen LogP) is 4.66. The number of carbonyl (C=O) groups excluding carboxylic acids is 1. The van der Waals surface area contributed by atoms with Gasteiger partial charge in [-0.15, -0.1) is 0 Å². The van der Waals surface area contributed by atoms with Gasteiger partial charge in [0.05, 0.1) is 20.1 Å². The SMILES string of the molecule is COc1cc([C@@H]2Oc3cc4c(cc3[C@H]2COC(C)=O)-c2c(cc(O)cc2OC)CC4)ccc1O. The summed E-state index contributed by atoms with van der Waals surface area (Å²) in [4.78, 5) is 11.7. The van der Waals surface area contributed by atoms with E-state index in [4.69, 9.17) is 18.9 Å². The molecule has 0 saturated carbocycles. The van der Waals surface area contributed by atoms with Crippen molar-refractivity contribution in [2.45, 2.75) is 31.8 Å². The van der Waals surface area contributed by atoms with Gasteiger partial charge in [-0.05, 0) is 65.4 Å². The van der Waals surface area contributed by atoms with Gasteiger partial charge < -0.3 is 29.2 Å². The summed E-state index contributed by atoms with van der Waals surface area (Å²) < 4.78 is 22.7. The van der Waals surface area contributed by atoms with Crippen LogP contribution in [0.5, 0.6) is 28.7 Å². The normalized spacial score (nSPS) is 17.7. The predicted molar refractivity (Wildman–Crippen MR) is 125 cm³/mol. The number of rotatable bonds is 5. The van der Waals surface area contributed by atoms with Crippen LogP contribution in [0.1, 0.15) is 41.2 Å².